The number of amidine groups is 1. The smallest absolute Gasteiger partial charge is 0.269 e. The van der Waals surface area contributed by atoms with Crippen molar-refractivity contribution in [3.05, 3.63) is 93.6 Å². The molecule has 3 aromatic carbocycles. The van der Waals surface area contributed by atoms with Crippen molar-refractivity contribution < 1.29 is 9.18 Å². The molecule has 0 spiro atoms. The average Bonchev–Trinajstić information content (AvgIpc) is 3.37. The van der Waals surface area contributed by atoms with Crippen molar-refractivity contribution in [3.8, 4) is 6.07 Å². The second-order valence-corrected chi connectivity index (χ2v) is 10.2. The first kappa shape index (κ1) is 24.0. The number of hydrogen-bond donors (Lipinski definition) is 1. The number of nitriles is 1. The van der Waals surface area contributed by atoms with Crippen LogP contribution < -0.4 is 10.2 Å². The number of thioether (sulfide) groups is 2. The normalized spacial score (nSPS) is 18.1. The van der Waals surface area contributed by atoms with Gasteiger partial charge in [0.05, 0.1) is 40.3 Å². The summed E-state index contributed by atoms with van der Waals surface area (Å²) in [6, 6.07) is 21.6. The fourth-order valence-electron chi connectivity index (χ4n) is 4.01. The summed E-state index contributed by atoms with van der Waals surface area (Å²) >= 11 is 2.84. The molecule has 0 bridgehead atoms. The van der Waals surface area contributed by atoms with Crippen molar-refractivity contribution in [2.24, 2.45) is 4.99 Å². The van der Waals surface area contributed by atoms with E-state index >= 15 is 0 Å². The lowest BCUT2D eigenvalue weighted by atomic mass is 10.2. The van der Waals surface area contributed by atoms with Crippen LogP contribution in [0.2, 0.25) is 0 Å². The van der Waals surface area contributed by atoms with E-state index in [-0.39, 0.29) is 18.3 Å². The highest BCUT2D eigenvalue weighted by atomic mass is 32.2. The first-order valence-electron chi connectivity index (χ1n) is 11.3. The molecule has 1 amide bonds. The molecule has 1 N–H and O–H groups in total. The van der Waals surface area contributed by atoms with Crippen molar-refractivity contribution in [1.82, 2.24) is 4.90 Å². The lowest BCUT2D eigenvalue weighted by molar-refractivity contribution is -0.122. The maximum Gasteiger partial charge on any atom is 0.269 e. The summed E-state index contributed by atoms with van der Waals surface area (Å²) in [5.41, 5.74) is 3.51. The fourth-order valence-corrected chi connectivity index (χ4v) is 6.35. The maximum atomic E-state index is 13.9. The molecule has 6 nitrogen and oxygen atoms in total. The van der Waals surface area contributed by atoms with Gasteiger partial charge in [0.2, 0.25) is 0 Å². The van der Waals surface area contributed by atoms with Gasteiger partial charge in [-0.15, -0.1) is 0 Å². The van der Waals surface area contributed by atoms with Crippen LogP contribution in [0.25, 0.3) is 0 Å². The number of amides is 1. The van der Waals surface area contributed by atoms with Crippen LogP contribution in [-0.4, -0.2) is 29.6 Å². The maximum absolute atomic E-state index is 13.9. The van der Waals surface area contributed by atoms with Crippen molar-refractivity contribution >= 4 is 51.7 Å². The van der Waals surface area contributed by atoms with Gasteiger partial charge in [0, 0.05) is 18.5 Å². The number of nitrogens with zero attached hydrogens (tertiary/aromatic N) is 4. The minimum atomic E-state index is -0.360. The molecule has 0 atom stereocenters. The summed E-state index contributed by atoms with van der Waals surface area (Å²) in [5, 5.41) is 14.0. The summed E-state index contributed by atoms with van der Waals surface area (Å²) in [5.74, 6) is -0.548. The Morgan fingerprint density at radius 1 is 1.08 bits per heavy atom. The summed E-state index contributed by atoms with van der Waals surface area (Å²) in [6.07, 6.45) is 0. The van der Waals surface area contributed by atoms with E-state index in [4.69, 9.17) is 4.99 Å². The monoisotopic (exact) mass is 515 g/mol. The van der Waals surface area contributed by atoms with Gasteiger partial charge in [0.1, 0.15) is 10.7 Å². The molecule has 3 aromatic rings. The van der Waals surface area contributed by atoms with Crippen LogP contribution in [0.3, 0.4) is 0 Å². The van der Waals surface area contributed by atoms with E-state index in [9.17, 15) is 14.4 Å². The van der Waals surface area contributed by atoms with Gasteiger partial charge in [-0.1, -0.05) is 36.0 Å². The van der Waals surface area contributed by atoms with E-state index in [0.717, 1.165) is 21.3 Å². The van der Waals surface area contributed by atoms with E-state index < -0.39 is 0 Å². The number of halogens is 1. The Bertz CT molecular complexity index is 1460. The van der Waals surface area contributed by atoms with Gasteiger partial charge in [-0.05, 0) is 66.7 Å². The zero-order chi connectivity index (χ0) is 25.2. The Morgan fingerprint density at radius 2 is 1.92 bits per heavy atom. The number of carbonyl (C=O) groups excluding carboxylic acids is 1. The Balaban J connectivity index is 1.60. The lowest BCUT2D eigenvalue weighted by Crippen LogP contribution is -2.29. The van der Waals surface area contributed by atoms with E-state index in [1.807, 2.05) is 49.2 Å². The molecule has 1 fully saturated rings. The van der Waals surface area contributed by atoms with Crippen molar-refractivity contribution in [1.29, 1.82) is 5.26 Å². The van der Waals surface area contributed by atoms with Crippen LogP contribution >= 0.6 is 23.5 Å². The first-order valence-corrected chi connectivity index (χ1v) is 13.0. The molecular weight excluding hydrogens is 493 g/mol. The molecule has 180 valence electrons. The van der Waals surface area contributed by atoms with Gasteiger partial charge in [-0.3, -0.25) is 9.69 Å². The molecule has 2 heterocycles. The van der Waals surface area contributed by atoms with Crippen LogP contribution in [0.4, 0.5) is 21.5 Å². The molecule has 0 unspecified atom stereocenters. The Hall–Kier alpha value is -3.74. The number of aliphatic imine (C=N–C) groups is 1. The zero-order valence-corrected chi connectivity index (χ0v) is 21.3. The average molecular weight is 516 g/mol. The topological polar surface area (TPSA) is 71.7 Å². The van der Waals surface area contributed by atoms with E-state index in [1.54, 1.807) is 40.9 Å². The minimum absolute atomic E-state index is 0.176. The van der Waals surface area contributed by atoms with Crippen molar-refractivity contribution in [3.63, 3.8) is 0 Å². The number of anilines is 2. The van der Waals surface area contributed by atoms with Gasteiger partial charge >= 0.3 is 0 Å². The van der Waals surface area contributed by atoms with Gasteiger partial charge in [0.25, 0.3) is 5.91 Å². The number of hydrogen-bond acceptors (Lipinski definition) is 7. The first-order chi connectivity index (χ1) is 17.5. The second kappa shape index (κ2) is 10.1. The van der Waals surface area contributed by atoms with Crippen molar-refractivity contribution in [2.45, 2.75) is 18.4 Å². The SMILES string of the molecule is CCNc1ccc(C#N)cc1N=C1SC(=C2Sc3ccccc3N2C)C(=O)N1Cc1cccc(F)c1. The third kappa shape index (κ3) is 4.57. The van der Waals surface area contributed by atoms with Gasteiger partial charge in [-0.25, -0.2) is 9.38 Å². The van der Waals surface area contributed by atoms with Gasteiger partial charge in [0.15, 0.2) is 5.17 Å². The molecule has 0 aromatic heterocycles. The molecule has 2 aliphatic rings. The second-order valence-electron chi connectivity index (χ2n) is 8.15. The highest BCUT2D eigenvalue weighted by molar-refractivity contribution is 8.19. The van der Waals surface area contributed by atoms with E-state index in [1.165, 1.54) is 23.9 Å². The van der Waals surface area contributed by atoms with Crippen LogP contribution in [0.15, 0.2) is 86.6 Å². The quantitative estimate of drug-likeness (QED) is 0.402. The molecule has 0 radical (unpaired) electrons. The number of nitrogens with one attached hydrogen (secondary N) is 1. The van der Waals surface area contributed by atoms with Crippen LogP contribution in [-0.2, 0) is 11.3 Å². The highest BCUT2D eigenvalue weighted by Gasteiger charge is 2.39. The molecule has 0 saturated carbocycles. The largest absolute Gasteiger partial charge is 0.384 e. The van der Waals surface area contributed by atoms with Gasteiger partial charge in [-0.2, -0.15) is 5.26 Å². The third-order valence-electron chi connectivity index (χ3n) is 5.74. The number of rotatable bonds is 5. The van der Waals surface area contributed by atoms with Crippen LogP contribution in [0, 0.1) is 17.1 Å². The standard InChI is InChI=1S/C27H22FN5OS2/c1-3-30-20-12-11-17(15-29)14-21(20)31-27-33(16-18-7-6-8-19(28)13-18)25(34)24(36-27)26-32(2)22-9-4-5-10-23(22)35-26/h4-14,30H,3,16H2,1-2H3. The molecular formula is C27H22FN5OS2. The number of para-hydroxylation sites is 1. The number of benzene rings is 3. The van der Waals surface area contributed by atoms with Crippen LogP contribution in [0.1, 0.15) is 18.1 Å². The Kier molecular flexibility index (Phi) is 6.72. The molecule has 5 rings (SSSR count). The molecule has 1 saturated heterocycles. The Morgan fingerprint density at radius 3 is 2.67 bits per heavy atom. The number of carbonyl (C=O) groups is 1. The minimum Gasteiger partial charge on any atom is -0.384 e. The fraction of sp³-hybridized carbons (Fsp3) is 0.148. The number of fused-ring (bicyclic) bond motifs is 1. The predicted molar refractivity (Wildman–Crippen MR) is 145 cm³/mol. The highest BCUT2D eigenvalue weighted by Crippen LogP contribution is 2.50. The molecule has 2 aliphatic heterocycles. The third-order valence-corrected chi connectivity index (χ3v) is 8.17. The van der Waals surface area contributed by atoms with Gasteiger partial charge < -0.3 is 10.2 Å². The molecule has 9 heteroatoms. The van der Waals surface area contributed by atoms with E-state index in [2.05, 4.69) is 11.4 Å². The zero-order valence-electron chi connectivity index (χ0n) is 19.7. The molecule has 0 aliphatic carbocycles. The van der Waals surface area contributed by atoms with Crippen molar-refractivity contribution in [2.75, 3.05) is 23.8 Å². The lowest BCUT2D eigenvalue weighted by Gasteiger charge is -2.17. The summed E-state index contributed by atoms with van der Waals surface area (Å²) in [4.78, 5) is 23.9. The van der Waals surface area contributed by atoms with E-state index in [0.29, 0.717) is 33.4 Å². The predicted octanol–water partition coefficient (Wildman–Crippen LogP) is 6.30. The summed E-state index contributed by atoms with van der Waals surface area (Å²) < 4.78 is 13.9. The molecule has 36 heavy (non-hydrogen) atoms. The summed E-state index contributed by atoms with van der Waals surface area (Å²) in [6.45, 7) is 2.83. The summed E-state index contributed by atoms with van der Waals surface area (Å²) in [7, 11) is 1.95. The van der Waals surface area contributed by atoms with Crippen LogP contribution in [0.5, 0.6) is 0 Å². The Labute approximate surface area is 217 Å².